The fourth-order valence-electron chi connectivity index (χ4n) is 1.85. The zero-order valence-corrected chi connectivity index (χ0v) is 9.83. The summed E-state index contributed by atoms with van der Waals surface area (Å²) in [5, 5.41) is 0. The number of hydrogen-bond donors (Lipinski definition) is 0. The molecule has 2 heterocycles. The number of aromatic nitrogens is 1. The molecule has 2 rings (SSSR count). The lowest BCUT2D eigenvalue weighted by atomic mass is 10.2. The van der Waals surface area contributed by atoms with E-state index in [0.29, 0.717) is 0 Å². The molecule has 0 radical (unpaired) electrons. The van der Waals surface area contributed by atoms with Gasteiger partial charge >= 0.3 is 0 Å². The molecule has 14 heavy (non-hydrogen) atoms. The van der Waals surface area contributed by atoms with E-state index in [0.717, 1.165) is 11.0 Å². The minimum atomic E-state index is 0.919. The van der Waals surface area contributed by atoms with E-state index >= 15 is 0 Å². The van der Waals surface area contributed by atoms with Gasteiger partial charge in [-0.3, -0.25) is 0 Å². The summed E-state index contributed by atoms with van der Waals surface area (Å²) in [4.78, 5) is 6.75. The second-order valence-electron chi connectivity index (χ2n) is 3.79. The van der Waals surface area contributed by atoms with Crippen molar-refractivity contribution in [2.75, 3.05) is 19.6 Å². The molecule has 1 fully saturated rings. The minimum Gasteiger partial charge on any atom is -0.303 e. The normalized spacial score (nSPS) is 17.5. The van der Waals surface area contributed by atoms with Crippen molar-refractivity contribution in [2.24, 2.45) is 0 Å². The average Bonchev–Trinajstić information content (AvgIpc) is 2.70. The van der Waals surface area contributed by atoms with Crippen LogP contribution >= 0.6 is 15.9 Å². The maximum atomic E-state index is 4.22. The van der Waals surface area contributed by atoms with Crippen LogP contribution in [0.4, 0.5) is 0 Å². The molecule has 0 spiro atoms. The molecule has 3 heteroatoms. The quantitative estimate of drug-likeness (QED) is 0.771. The molecule has 1 aliphatic heterocycles. The molecule has 0 aliphatic carbocycles. The van der Waals surface area contributed by atoms with Crippen molar-refractivity contribution < 1.29 is 0 Å². The summed E-state index contributed by atoms with van der Waals surface area (Å²) >= 11 is 3.34. The van der Waals surface area contributed by atoms with E-state index in [9.17, 15) is 0 Å². The molecule has 0 N–H and O–H groups in total. The van der Waals surface area contributed by atoms with Gasteiger partial charge in [-0.05, 0) is 59.9 Å². The maximum absolute atomic E-state index is 4.22. The number of pyridine rings is 1. The second-order valence-corrected chi connectivity index (χ2v) is 4.60. The van der Waals surface area contributed by atoms with Gasteiger partial charge in [-0.2, -0.15) is 0 Å². The van der Waals surface area contributed by atoms with Gasteiger partial charge in [0.1, 0.15) is 4.60 Å². The largest absolute Gasteiger partial charge is 0.303 e. The van der Waals surface area contributed by atoms with Crippen molar-refractivity contribution in [1.29, 1.82) is 0 Å². The Bertz CT molecular complexity index is 278. The van der Waals surface area contributed by atoms with Crippen LogP contribution in [0.25, 0.3) is 0 Å². The van der Waals surface area contributed by atoms with Crippen LogP contribution in [-0.4, -0.2) is 29.5 Å². The number of likely N-dealkylation sites (tertiary alicyclic amines) is 1. The van der Waals surface area contributed by atoms with Gasteiger partial charge in [0.15, 0.2) is 0 Å². The van der Waals surface area contributed by atoms with Crippen molar-refractivity contribution in [3.8, 4) is 0 Å². The Hall–Kier alpha value is -0.410. The Kier molecular flexibility index (Phi) is 3.54. The first-order valence-electron chi connectivity index (χ1n) is 5.17. The lowest BCUT2D eigenvalue weighted by molar-refractivity contribution is 0.343. The molecule has 0 amide bonds. The number of halogens is 1. The van der Waals surface area contributed by atoms with Crippen LogP contribution in [0, 0.1) is 0 Å². The van der Waals surface area contributed by atoms with Crippen LogP contribution < -0.4 is 0 Å². The van der Waals surface area contributed by atoms with E-state index in [2.05, 4.69) is 31.9 Å². The minimum absolute atomic E-state index is 0.919. The van der Waals surface area contributed by atoms with Crippen LogP contribution in [-0.2, 0) is 6.42 Å². The van der Waals surface area contributed by atoms with Crippen molar-refractivity contribution in [3.05, 3.63) is 28.5 Å². The smallest absolute Gasteiger partial charge is 0.106 e. The predicted molar refractivity (Wildman–Crippen MR) is 61.3 cm³/mol. The standard InChI is InChI=1S/C11H15BrN2/c12-11-4-3-10(9-13-11)5-8-14-6-1-2-7-14/h3-4,9H,1-2,5-8H2. The first-order valence-corrected chi connectivity index (χ1v) is 5.97. The van der Waals surface area contributed by atoms with Crippen LogP contribution in [0.5, 0.6) is 0 Å². The van der Waals surface area contributed by atoms with Crippen LogP contribution in [0.15, 0.2) is 22.9 Å². The molecule has 1 aliphatic rings. The molecule has 0 saturated carbocycles. The zero-order valence-electron chi connectivity index (χ0n) is 8.25. The Morgan fingerprint density at radius 2 is 2.07 bits per heavy atom. The molecule has 1 aromatic rings. The third kappa shape index (κ3) is 2.79. The molecular weight excluding hydrogens is 240 g/mol. The first kappa shape index (κ1) is 10.1. The Morgan fingerprint density at radius 1 is 1.29 bits per heavy atom. The molecule has 2 nitrogen and oxygen atoms in total. The Balaban J connectivity index is 1.82. The molecular formula is C11H15BrN2. The second kappa shape index (κ2) is 4.89. The highest BCUT2D eigenvalue weighted by Gasteiger charge is 2.10. The zero-order chi connectivity index (χ0) is 9.80. The van der Waals surface area contributed by atoms with E-state index < -0.39 is 0 Å². The predicted octanol–water partition coefficient (Wildman–Crippen LogP) is 2.48. The summed E-state index contributed by atoms with van der Waals surface area (Å²) in [6, 6.07) is 4.16. The summed E-state index contributed by atoms with van der Waals surface area (Å²) in [6.45, 7) is 3.75. The monoisotopic (exact) mass is 254 g/mol. The van der Waals surface area contributed by atoms with E-state index in [4.69, 9.17) is 0 Å². The van der Waals surface area contributed by atoms with Gasteiger partial charge in [0.25, 0.3) is 0 Å². The maximum Gasteiger partial charge on any atom is 0.106 e. The van der Waals surface area contributed by atoms with Gasteiger partial charge in [-0.1, -0.05) is 6.07 Å². The highest BCUT2D eigenvalue weighted by Crippen LogP contribution is 2.10. The molecule has 0 aromatic carbocycles. The van der Waals surface area contributed by atoms with Gasteiger partial charge in [-0.15, -0.1) is 0 Å². The highest BCUT2D eigenvalue weighted by atomic mass is 79.9. The molecule has 1 saturated heterocycles. The van der Waals surface area contributed by atoms with Crippen molar-refractivity contribution in [3.63, 3.8) is 0 Å². The van der Waals surface area contributed by atoms with Crippen LogP contribution in [0.2, 0.25) is 0 Å². The van der Waals surface area contributed by atoms with E-state index in [1.165, 1.54) is 38.0 Å². The number of hydrogen-bond acceptors (Lipinski definition) is 2. The first-order chi connectivity index (χ1) is 6.84. The lowest BCUT2D eigenvalue weighted by Gasteiger charge is -2.13. The summed E-state index contributed by atoms with van der Waals surface area (Å²) in [7, 11) is 0. The van der Waals surface area contributed by atoms with Gasteiger partial charge in [0.2, 0.25) is 0 Å². The molecule has 0 unspecified atom stereocenters. The van der Waals surface area contributed by atoms with Gasteiger partial charge in [0.05, 0.1) is 0 Å². The van der Waals surface area contributed by atoms with Gasteiger partial charge < -0.3 is 4.90 Å². The fraction of sp³-hybridized carbons (Fsp3) is 0.545. The summed E-state index contributed by atoms with van der Waals surface area (Å²) in [5.41, 5.74) is 1.33. The molecule has 1 aromatic heterocycles. The van der Waals surface area contributed by atoms with Crippen molar-refractivity contribution in [2.45, 2.75) is 19.3 Å². The molecule has 76 valence electrons. The van der Waals surface area contributed by atoms with Crippen molar-refractivity contribution in [1.82, 2.24) is 9.88 Å². The van der Waals surface area contributed by atoms with E-state index in [1.54, 1.807) is 0 Å². The highest BCUT2D eigenvalue weighted by molar-refractivity contribution is 9.10. The Labute approximate surface area is 93.5 Å². The number of rotatable bonds is 3. The van der Waals surface area contributed by atoms with Gasteiger partial charge in [-0.25, -0.2) is 4.98 Å². The number of nitrogens with zero attached hydrogens (tertiary/aromatic N) is 2. The molecule has 0 atom stereocenters. The fourth-order valence-corrected chi connectivity index (χ4v) is 2.08. The lowest BCUT2D eigenvalue weighted by Crippen LogP contribution is -2.21. The average molecular weight is 255 g/mol. The van der Waals surface area contributed by atoms with E-state index in [-0.39, 0.29) is 0 Å². The van der Waals surface area contributed by atoms with Crippen molar-refractivity contribution >= 4 is 15.9 Å². The van der Waals surface area contributed by atoms with Crippen LogP contribution in [0.3, 0.4) is 0 Å². The summed E-state index contributed by atoms with van der Waals surface area (Å²) in [6.07, 6.45) is 5.83. The summed E-state index contributed by atoms with van der Waals surface area (Å²) < 4.78 is 0.919. The Morgan fingerprint density at radius 3 is 2.71 bits per heavy atom. The van der Waals surface area contributed by atoms with Gasteiger partial charge in [0, 0.05) is 12.7 Å². The third-order valence-electron chi connectivity index (χ3n) is 2.70. The molecule has 0 bridgehead atoms. The SMILES string of the molecule is Brc1ccc(CCN2CCCC2)cn1. The van der Waals surface area contributed by atoms with Crippen LogP contribution in [0.1, 0.15) is 18.4 Å². The summed E-state index contributed by atoms with van der Waals surface area (Å²) in [5.74, 6) is 0. The van der Waals surface area contributed by atoms with E-state index in [1.807, 2.05) is 12.3 Å². The third-order valence-corrected chi connectivity index (χ3v) is 3.17. The topological polar surface area (TPSA) is 16.1 Å².